The normalized spacial score (nSPS) is 34.0. The van der Waals surface area contributed by atoms with E-state index in [1.165, 1.54) is 4.90 Å². The van der Waals surface area contributed by atoms with Crippen LogP contribution in [0.15, 0.2) is 48.6 Å². The third kappa shape index (κ3) is 4.66. The largest absolute Gasteiger partial charge is 0.497 e. The van der Waals surface area contributed by atoms with Crippen molar-refractivity contribution in [1.82, 2.24) is 10.2 Å². The molecule has 40 heavy (non-hydrogen) atoms. The molecule has 5 bridgehead atoms. The fourth-order valence-electron chi connectivity index (χ4n) is 6.13. The Morgan fingerprint density at radius 3 is 2.60 bits per heavy atom. The molecule has 2 N–H and O–H groups in total. The summed E-state index contributed by atoms with van der Waals surface area (Å²) in [6.07, 6.45) is 6.38. The van der Waals surface area contributed by atoms with Gasteiger partial charge >= 0.3 is 5.97 Å². The zero-order chi connectivity index (χ0) is 28.6. The summed E-state index contributed by atoms with van der Waals surface area (Å²) < 4.78 is 17.3. The highest BCUT2D eigenvalue weighted by Gasteiger charge is 2.74. The van der Waals surface area contributed by atoms with E-state index in [0.29, 0.717) is 17.9 Å². The highest BCUT2D eigenvalue weighted by Crippen LogP contribution is 2.56. The van der Waals surface area contributed by atoms with Crippen LogP contribution >= 0.6 is 0 Å². The summed E-state index contributed by atoms with van der Waals surface area (Å²) in [4.78, 5) is 57.2. The van der Waals surface area contributed by atoms with Gasteiger partial charge in [-0.2, -0.15) is 0 Å². The maximum Gasteiger partial charge on any atom is 0.313 e. The van der Waals surface area contributed by atoms with Crippen LogP contribution in [0.5, 0.6) is 5.75 Å². The number of fused-ring (bicyclic) bond motifs is 2. The number of aliphatic hydroxyl groups is 1. The van der Waals surface area contributed by atoms with Gasteiger partial charge in [0.1, 0.15) is 29.4 Å². The zero-order valence-electron chi connectivity index (χ0n) is 22.8. The number of nitrogens with zero attached hydrogens (tertiary/aromatic N) is 2. The van der Waals surface area contributed by atoms with Crippen molar-refractivity contribution in [3.8, 4) is 5.75 Å². The summed E-state index contributed by atoms with van der Waals surface area (Å²) in [5, 5.41) is 12.9. The molecule has 2 saturated heterocycles. The molecule has 4 aliphatic heterocycles. The van der Waals surface area contributed by atoms with Crippen molar-refractivity contribution in [3.05, 3.63) is 48.6 Å². The first-order valence-electron chi connectivity index (χ1n) is 13.6. The molecule has 11 heteroatoms. The van der Waals surface area contributed by atoms with E-state index in [9.17, 15) is 24.3 Å². The van der Waals surface area contributed by atoms with Crippen LogP contribution in [0.1, 0.15) is 26.7 Å². The second-order valence-electron chi connectivity index (χ2n) is 10.7. The Bertz CT molecular complexity index is 1230. The third-order valence-corrected chi connectivity index (χ3v) is 8.10. The van der Waals surface area contributed by atoms with Gasteiger partial charge in [0.2, 0.25) is 11.8 Å². The molecule has 4 heterocycles. The second kappa shape index (κ2) is 11.1. The Balaban J connectivity index is 1.60. The van der Waals surface area contributed by atoms with E-state index in [2.05, 4.69) is 5.32 Å². The van der Waals surface area contributed by atoms with Gasteiger partial charge in [-0.15, -0.1) is 0 Å². The highest BCUT2D eigenvalue weighted by molar-refractivity contribution is 6.05. The number of methoxy groups -OCH3 is 1. The summed E-state index contributed by atoms with van der Waals surface area (Å²) in [7, 11) is 1.55. The van der Waals surface area contributed by atoms with Crippen LogP contribution in [-0.2, 0) is 28.7 Å². The van der Waals surface area contributed by atoms with E-state index in [-0.39, 0.29) is 32.0 Å². The van der Waals surface area contributed by atoms with Crippen LogP contribution in [0, 0.1) is 11.8 Å². The van der Waals surface area contributed by atoms with E-state index in [1.807, 2.05) is 6.08 Å². The van der Waals surface area contributed by atoms with Gasteiger partial charge in [-0.25, -0.2) is 0 Å². The molecular weight excluding hydrogens is 518 g/mol. The van der Waals surface area contributed by atoms with Gasteiger partial charge in [-0.1, -0.05) is 24.3 Å². The Morgan fingerprint density at radius 2 is 1.90 bits per heavy atom. The van der Waals surface area contributed by atoms with E-state index < -0.39 is 59.5 Å². The molecule has 0 unspecified atom stereocenters. The molecule has 7 atom stereocenters. The highest BCUT2D eigenvalue weighted by atomic mass is 16.6. The Morgan fingerprint density at radius 1 is 1.15 bits per heavy atom. The molecule has 1 aromatic rings. The number of likely N-dealkylation sites (tertiary alicyclic amines) is 1. The molecule has 2 fully saturated rings. The number of ether oxygens (including phenoxy) is 3. The minimum absolute atomic E-state index is 0.131. The standard InChI is InChI=1S/C29H35N3O8/c1-17(16-33)32-25-27(36)31(19-8-10-20(38-3)11-9-19)14-6-4-5-7-22(34)30-15-18(2)39-28(37)23-21-12-13-29(25,40-21)24(23)26(32)35/h4,6,8-13,17-18,21,23-25,33H,5,7,14-16H2,1-3H3,(H,30,34)/b6-4-/t17-,18-,21+,23-,24-,25+,29-/m1/s1. The monoisotopic (exact) mass is 553 g/mol. The second-order valence-corrected chi connectivity index (χ2v) is 10.7. The number of aliphatic hydroxyl groups excluding tert-OH is 1. The number of hydrogen-bond acceptors (Lipinski definition) is 8. The molecule has 3 amide bonds. The maximum atomic E-state index is 14.5. The van der Waals surface area contributed by atoms with Crippen molar-refractivity contribution in [3.63, 3.8) is 0 Å². The first kappa shape index (κ1) is 27.9. The first-order valence-corrected chi connectivity index (χ1v) is 13.6. The molecule has 214 valence electrons. The number of carbonyl (C=O) groups excluding carboxylic acids is 4. The lowest BCUT2D eigenvalue weighted by atomic mass is 9.74. The number of benzene rings is 1. The van der Waals surface area contributed by atoms with E-state index in [1.54, 1.807) is 68.4 Å². The number of carbonyl (C=O) groups is 4. The topological polar surface area (TPSA) is 135 Å². The van der Waals surface area contributed by atoms with Crippen LogP contribution < -0.4 is 15.0 Å². The number of amides is 3. The van der Waals surface area contributed by atoms with Crippen LogP contribution in [0.2, 0.25) is 0 Å². The van der Waals surface area contributed by atoms with Crippen LogP contribution in [-0.4, -0.2) is 90.4 Å². The lowest BCUT2D eigenvalue weighted by Gasteiger charge is -2.37. The molecule has 0 radical (unpaired) electrons. The maximum absolute atomic E-state index is 14.5. The Labute approximate surface area is 232 Å². The lowest BCUT2D eigenvalue weighted by Crippen LogP contribution is -2.58. The van der Waals surface area contributed by atoms with Gasteiger partial charge in [0, 0.05) is 18.7 Å². The molecule has 0 aromatic heterocycles. The third-order valence-electron chi connectivity index (χ3n) is 8.10. The van der Waals surface area contributed by atoms with Crippen molar-refractivity contribution in [2.45, 2.75) is 56.6 Å². The van der Waals surface area contributed by atoms with Crippen LogP contribution in [0.4, 0.5) is 5.69 Å². The number of anilines is 1. The summed E-state index contributed by atoms with van der Waals surface area (Å²) in [5.41, 5.74) is -0.831. The fraction of sp³-hybridized carbons (Fsp3) is 0.517. The van der Waals surface area contributed by atoms with Gasteiger partial charge in [0.25, 0.3) is 5.91 Å². The van der Waals surface area contributed by atoms with Crippen LogP contribution in [0.3, 0.4) is 0 Å². The summed E-state index contributed by atoms with van der Waals surface area (Å²) in [6.45, 7) is 3.25. The van der Waals surface area contributed by atoms with E-state index in [4.69, 9.17) is 14.2 Å². The van der Waals surface area contributed by atoms with Crippen molar-refractivity contribution in [2.75, 3.05) is 31.7 Å². The SMILES string of the molecule is COc1ccc(N2C/C=C\CCC(=O)NC[C@@H](C)OC(=O)[C@@H]3[C@@H]4C=C[C@]5(O4)[C@H](C2=O)N([C@H](C)CO)C(=O)[C@@H]35)cc1. The molecular formula is C29H35N3O8. The van der Waals surface area contributed by atoms with Gasteiger partial charge in [-0.05, 0) is 44.5 Å². The average molecular weight is 554 g/mol. The number of esters is 1. The quantitative estimate of drug-likeness (QED) is 0.416. The number of cyclic esters (lactones) is 1. The predicted molar refractivity (Wildman–Crippen MR) is 143 cm³/mol. The number of allylic oxidation sites excluding steroid dienone is 1. The average Bonchev–Trinajstić information content (AvgIpc) is 3.60. The summed E-state index contributed by atoms with van der Waals surface area (Å²) >= 11 is 0. The summed E-state index contributed by atoms with van der Waals surface area (Å²) in [6, 6.07) is 5.13. The minimum Gasteiger partial charge on any atom is -0.497 e. The van der Waals surface area contributed by atoms with Crippen LogP contribution in [0.25, 0.3) is 0 Å². The van der Waals surface area contributed by atoms with E-state index >= 15 is 0 Å². The molecule has 0 saturated carbocycles. The number of rotatable bonds is 4. The molecule has 11 nitrogen and oxygen atoms in total. The van der Waals surface area contributed by atoms with Gasteiger partial charge in [0.05, 0.1) is 38.3 Å². The van der Waals surface area contributed by atoms with Crippen molar-refractivity contribution >= 4 is 29.4 Å². The molecule has 5 rings (SSSR count). The van der Waals surface area contributed by atoms with Crippen molar-refractivity contribution in [2.24, 2.45) is 11.8 Å². The Kier molecular flexibility index (Phi) is 7.70. The fourth-order valence-corrected chi connectivity index (χ4v) is 6.13. The number of nitrogens with one attached hydrogen (secondary N) is 1. The molecule has 0 aliphatic carbocycles. The minimum atomic E-state index is -1.40. The predicted octanol–water partition coefficient (Wildman–Crippen LogP) is 0.958. The van der Waals surface area contributed by atoms with E-state index in [0.717, 1.165) is 0 Å². The molecule has 1 aromatic carbocycles. The lowest BCUT2D eigenvalue weighted by molar-refractivity contribution is -0.158. The smallest absolute Gasteiger partial charge is 0.313 e. The summed E-state index contributed by atoms with van der Waals surface area (Å²) in [5.74, 6) is -3.02. The van der Waals surface area contributed by atoms with Crippen molar-refractivity contribution < 1.29 is 38.5 Å². The zero-order valence-corrected chi connectivity index (χ0v) is 22.8. The molecule has 1 spiro atoms. The van der Waals surface area contributed by atoms with Gasteiger partial charge in [0.15, 0.2) is 0 Å². The first-order chi connectivity index (χ1) is 19.2. The number of hydrogen-bond donors (Lipinski definition) is 2. The van der Waals surface area contributed by atoms with Gasteiger partial charge < -0.3 is 34.4 Å². The van der Waals surface area contributed by atoms with Gasteiger partial charge in [-0.3, -0.25) is 19.2 Å². The Hall–Kier alpha value is -3.70. The van der Waals surface area contributed by atoms with Crippen molar-refractivity contribution in [1.29, 1.82) is 0 Å². The molecule has 4 aliphatic rings.